The predicted molar refractivity (Wildman–Crippen MR) is 61.2 cm³/mol. The molecular formula is C13H24O. The van der Waals surface area contributed by atoms with Crippen LogP contribution in [-0.2, 0) is 0 Å². The van der Waals surface area contributed by atoms with Crippen molar-refractivity contribution in [2.75, 3.05) is 0 Å². The lowest BCUT2D eigenvalue weighted by atomic mass is 9.86. The molecule has 0 spiro atoms. The minimum absolute atomic E-state index is 0.112. The van der Waals surface area contributed by atoms with Gasteiger partial charge in [-0.2, -0.15) is 0 Å². The highest BCUT2D eigenvalue weighted by Gasteiger charge is 2.29. The van der Waals surface area contributed by atoms with Gasteiger partial charge < -0.3 is 5.11 Å². The van der Waals surface area contributed by atoms with Crippen molar-refractivity contribution in [1.29, 1.82) is 0 Å². The minimum atomic E-state index is -0.112. The van der Waals surface area contributed by atoms with Crippen LogP contribution in [0.1, 0.15) is 59.8 Å². The summed E-state index contributed by atoms with van der Waals surface area (Å²) in [6.07, 6.45) is 5.27. The Morgan fingerprint density at radius 1 is 1.43 bits per heavy atom. The molecule has 1 aliphatic rings. The molecular weight excluding hydrogens is 172 g/mol. The molecule has 1 unspecified atom stereocenters. The Kier molecular flexibility index (Phi) is 3.77. The third-order valence-corrected chi connectivity index (χ3v) is 3.70. The van der Waals surface area contributed by atoms with E-state index in [4.69, 9.17) is 0 Å². The van der Waals surface area contributed by atoms with E-state index in [1.165, 1.54) is 24.0 Å². The first-order valence-corrected chi connectivity index (χ1v) is 5.84. The third-order valence-electron chi connectivity index (χ3n) is 3.70. The lowest BCUT2D eigenvalue weighted by Crippen LogP contribution is -2.09. The van der Waals surface area contributed by atoms with Crippen LogP contribution in [0.4, 0.5) is 0 Å². The van der Waals surface area contributed by atoms with Crippen LogP contribution >= 0.6 is 0 Å². The molecule has 1 N–H and O–H groups in total. The van der Waals surface area contributed by atoms with E-state index in [9.17, 15) is 5.11 Å². The van der Waals surface area contributed by atoms with E-state index in [1.54, 1.807) is 0 Å². The average Bonchev–Trinajstić information content (AvgIpc) is 2.33. The number of hydrogen-bond acceptors (Lipinski definition) is 1. The number of rotatable bonds is 4. The summed E-state index contributed by atoms with van der Waals surface area (Å²) in [6.45, 7) is 8.98. The first-order valence-electron chi connectivity index (χ1n) is 5.84. The van der Waals surface area contributed by atoms with Crippen molar-refractivity contribution in [3.63, 3.8) is 0 Å². The molecule has 1 heteroatoms. The molecule has 0 amide bonds. The molecule has 0 bridgehead atoms. The lowest BCUT2D eigenvalue weighted by Gasteiger charge is -2.19. The Balaban J connectivity index is 2.57. The highest BCUT2D eigenvalue weighted by atomic mass is 16.3. The standard InChI is InChI=1S/C13H24O/c1-5-6-12(14)9-11-7-8-13(3,4)10(11)2/h12,14H,5-9H2,1-4H3. The largest absolute Gasteiger partial charge is 0.393 e. The molecule has 0 aromatic rings. The molecule has 0 heterocycles. The number of allylic oxidation sites excluding steroid dienone is 1. The second-order valence-corrected chi connectivity index (χ2v) is 5.26. The van der Waals surface area contributed by atoms with Gasteiger partial charge in [-0.3, -0.25) is 0 Å². The number of hydrogen-bond donors (Lipinski definition) is 1. The van der Waals surface area contributed by atoms with Crippen molar-refractivity contribution in [2.24, 2.45) is 5.41 Å². The van der Waals surface area contributed by atoms with Crippen LogP contribution in [-0.4, -0.2) is 11.2 Å². The Labute approximate surface area is 88.2 Å². The second kappa shape index (κ2) is 4.48. The quantitative estimate of drug-likeness (QED) is 0.680. The van der Waals surface area contributed by atoms with Crippen LogP contribution < -0.4 is 0 Å². The van der Waals surface area contributed by atoms with E-state index in [0.29, 0.717) is 5.41 Å². The fourth-order valence-electron chi connectivity index (χ4n) is 2.29. The van der Waals surface area contributed by atoms with E-state index >= 15 is 0 Å². The van der Waals surface area contributed by atoms with E-state index in [1.807, 2.05) is 0 Å². The van der Waals surface area contributed by atoms with Gasteiger partial charge in [-0.15, -0.1) is 0 Å². The molecule has 0 saturated heterocycles. The van der Waals surface area contributed by atoms with Crippen LogP contribution in [0.15, 0.2) is 11.1 Å². The van der Waals surface area contributed by atoms with Crippen molar-refractivity contribution < 1.29 is 5.11 Å². The molecule has 0 aromatic carbocycles. The molecule has 0 aliphatic heterocycles. The molecule has 14 heavy (non-hydrogen) atoms. The Bertz CT molecular complexity index is 225. The highest BCUT2D eigenvalue weighted by Crippen LogP contribution is 2.43. The van der Waals surface area contributed by atoms with Crippen LogP contribution in [0.5, 0.6) is 0 Å². The van der Waals surface area contributed by atoms with Crippen molar-refractivity contribution in [2.45, 2.75) is 65.9 Å². The zero-order chi connectivity index (χ0) is 10.8. The maximum atomic E-state index is 9.76. The average molecular weight is 196 g/mol. The summed E-state index contributed by atoms with van der Waals surface area (Å²) < 4.78 is 0. The van der Waals surface area contributed by atoms with Gasteiger partial charge in [-0.25, -0.2) is 0 Å². The second-order valence-electron chi connectivity index (χ2n) is 5.26. The van der Waals surface area contributed by atoms with Gasteiger partial charge >= 0.3 is 0 Å². The molecule has 0 saturated carbocycles. The maximum Gasteiger partial charge on any atom is 0.0577 e. The number of aliphatic hydroxyl groups excluding tert-OH is 1. The molecule has 0 aromatic heterocycles. The molecule has 1 atom stereocenters. The highest BCUT2D eigenvalue weighted by molar-refractivity contribution is 5.25. The van der Waals surface area contributed by atoms with Crippen LogP contribution in [0.25, 0.3) is 0 Å². The normalized spacial score (nSPS) is 22.9. The van der Waals surface area contributed by atoms with Crippen molar-refractivity contribution in [1.82, 2.24) is 0 Å². The van der Waals surface area contributed by atoms with Gasteiger partial charge in [-0.1, -0.05) is 38.3 Å². The molecule has 1 nitrogen and oxygen atoms in total. The van der Waals surface area contributed by atoms with E-state index in [2.05, 4.69) is 27.7 Å². The van der Waals surface area contributed by atoms with Crippen LogP contribution in [0.2, 0.25) is 0 Å². The molecule has 1 aliphatic carbocycles. The first-order chi connectivity index (χ1) is 6.47. The van der Waals surface area contributed by atoms with Crippen LogP contribution in [0.3, 0.4) is 0 Å². The fourth-order valence-corrected chi connectivity index (χ4v) is 2.29. The Morgan fingerprint density at radius 3 is 2.50 bits per heavy atom. The maximum absolute atomic E-state index is 9.76. The van der Waals surface area contributed by atoms with Gasteiger partial charge in [-0.05, 0) is 38.0 Å². The van der Waals surface area contributed by atoms with E-state index in [0.717, 1.165) is 19.3 Å². The fraction of sp³-hybridized carbons (Fsp3) is 0.846. The summed E-state index contributed by atoms with van der Waals surface area (Å²) in [5.41, 5.74) is 3.41. The van der Waals surface area contributed by atoms with Crippen LogP contribution in [0, 0.1) is 5.41 Å². The summed E-state index contributed by atoms with van der Waals surface area (Å²) in [7, 11) is 0. The SMILES string of the molecule is CCCC(O)CC1=C(C)C(C)(C)CC1. The van der Waals surface area contributed by atoms with Gasteiger partial charge in [0.1, 0.15) is 0 Å². The Hall–Kier alpha value is -0.300. The summed E-state index contributed by atoms with van der Waals surface area (Å²) in [4.78, 5) is 0. The zero-order valence-corrected chi connectivity index (χ0v) is 10.1. The molecule has 1 rings (SSSR count). The smallest absolute Gasteiger partial charge is 0.0577 e. The van der Waals surface area contributed by atoms with E-state index < -0.39 is 0 Å². The van der Waals surface area contributed by atoms with E-state index in [-0.39, 0.29) is 6.10 Å². The van der Waals surface area contributed by atoms with Gasteiger partial charge in [0.15, 0.2) is 0 Å². The van der Waals surface area contributed by atoms with Crippen molar-refractivity contribution in [3.05, 3.63) is 11.1 Å². The van der Waals surface area contributed by atoms with Crippen molar-refractivity contribution in [3.8, 4) is 0 Å². The third kappa shape index (κ3) is 2.60. The van der Waals surface area contributed by atoms with Gasteiger partial charge in [0, 0.05) is 0 Å². The summed E-state index contributed by atoms with van der Waals surface area (Å²) >= 11 is 0. The monoisotopic (exact) mass is 196 g/mol. The summed E-state index contributed by atoms with van der Waals surface area (Å²) in [6, 6.07) is 0. The predicted octanol–water partition coefficient (Wildman–Crippen LogP) is 3.67. The first kappa shape index (κ1) is 11.8. The van der Waals surface area contributed by atoms with Crippen molar-refractivity contribution >= 4 is 0 Å². The van der Waals surface area contributed by atoms with Gasteiger partial charge in [0.2, 0.25) is 0 Å². The molecule has 82 valence electrons. The van der Waals surface area contributed by atoms with Gasteiger partial charge in [0.05, 0.1) is 6.10 Å². The van der Waals surface area contributed by atoms with Gasteiger partial charge in [0.25, 0.3) is 0 Å². The summed E-state index contributed by atoms with van der Waals surface area (Å²) in [5.74, 6) is 0. The minimum Gasteiger partial charge on any atom is -0.393 e. The topological polar surface area (TPSA) is 20.2 Å². The number of aliphatic hydroxyl groups is 1. The molecule has 0 radical (unpaired) electrons. The molecule has 0 fully saturated rings. The summed E-state index contributed by atoms with van der Waals surface area (Å²) in [5, 5.41) is 9.76. The Morgan fingerprint density at radius 2 is 2.07 bits per heavy atom. The lowest BCUT2D eigenvalue weighted by molar-refractivity contribution is 0.163. The zero-order valence-electron chi connectivity index (χ0n) is 10.1.